The van der Waals surface area contributed by atoms with Gasteiger partial charge in [-0.2, -0.15) is 26.3 Å². The highest BCUT2D eigenvalue weighted by Crippen LogP contribution is 2.40. The Morgan fingerprint density at radius 2 is 1.04 bits per heavy atom. The normalized spacial score (nSPS) is 12.7. The van der Waals surface area contributed by atoms with Gasteiger partial charge in [0.05, 0.1) is 11.1 Å². The molecule has 130 valence electrons. The van der Waals surface area contributed by atoms with E-state index in [1.54, 1.807) is 0 Å². The molecule has 2 rings (SSSR count). The molecule has 0 saturated carbocycles. The Hall–Kier alpha value is -2.38. The monoisotopic (exact) mass is 350 g/mol. The maximum absolute atomic E-state index is 12.8. The molecule has 0 atom stereocenters. The van der Waals surface area contributed by atoms with Gasteiger partial charge < -0.3 is 10.2 Å². The van der Waals surface area contributed by atoms with Crippen molar-refractivity contribution in [2.45, 2.75) is 25.2 Å². The quantitative estimate of drug-likeness (QED) is 0.723. The average molecular weight is 350 g/mol. The first-order chi connectivity index (χ1) is 10.9. The van der Waals surface area contributed by atoms with Crippen molar-refractivity contribution < 1.29 is 36.6 Å². The predicted molar refractivity (Wildman–Crippen MR) is 73.7 cm³/mol. The van der Waals surface area contributed by atoms with Crippen LogP contribution in [0.1, 0.15) is 35.1 Å². The number of rotatable bonds is 2. The molecule has 0 aliphatic rings. The van der Waals surface area contributed by atoms with Gasteiger partial charge in [-0.1, -0.05) is 19.1 Å². The standard InChI is InChI=1S/C16H12F6O2/c1-8(9-2-4-13(23)11(6-9)15(17,18)19)10-3-5-14(24)12(7-10)16(20,21)22/h2-8,23-24H,1H3. The minimum absolute atomic E-state index is 0.0824. The summed E-state index contributed by atoms with van der Waals surface area (Å²) in [6.07, 6.45) is -9.57. The van der Waals surface area contributed by atoms with Gasteiger partial charge in [0.1, 0.15) is 11.5 Å². The van der Waals surface area contributed by atoms with Crippen LogP contribution in [0.2, 0.25) is 0 Å². The Morgan fingerprint density at radius 1 is 0.708 bits per heavy atom. The second-order valence-electron chi connectivity index (χ2n) is 5.27. The summed E-state index contributed by atoms with van der Waals surface area (Å²) in [5, 5.41) is 18.6. The van der Waals surface area contributed by atoms with Gasteiger partial charge in [0.25, 0.3) is 0 Å². The summed E-state index contributed by atoms with van der Waals surface area (Å²) in [6, 6.07) is 5.49. The minimum atomic E-state index is -4.79. The summed E-state index contributed by atoms with van der Waals surface area (Å²) in [5.74, 6) is -2.73. The van der Waals surface area contributed by atoms with E-state index in [1.165, 1.54) is 19.1 Å². The smallest absolute Gasteiger partial charge is 0.419 e. The van der Waals surface area contributed by atoms with Crippen LogP contribution in [0.25, 0.3) is 0 Å². The molecule has 0 aliphatic heterocycles. The molecule has 0 unspecified atom stereocenters. The van der Waals surface area contributed by atoms with Gasteiger partial charge in [-0.15, -0.1) is 0 Å². The summed E-state index contributed by atoms with van der Waals surface area (Å²) in [7, 11) is 0. The van der Waals surface area contributed by atoms with Crippen molar-refractivity contribution in [2.24, 2.45) is 0 Å². The van der Waals surface area contributed by atoms with Crippen LogP contribution in [0.4, 0.5) is 26.3 Å². The third-order valence-corrected chi connectivity index (χ3v) is 3.65. The summed E-state index contributed by atoms with van der Waals surface area (Å²) < 4.78 is 77.0. The topological polar surface area (TPSA) is 40.5 Å². The van der Waals surface area contributed by atoms with Crippen molar-refractivity contribution >= 4 is 0 Å². The molecule has 24 heavy (non-hydrogen) atoms. The zero-order valence-electron chi connectivity index (χ0n) is 12.2. The van der Waals surface area contributed by atoms with Gasteiger partial charge in [-0.3, -0.25) is 0 Å². The Morgan fingerprint density at radius 3 is 1.33 bits per heavy atom. The van der Waals surface area contributed by atoms with Gasteiger partial charge in [0.15, 0.2) is 0 Å². The van der Waals surface area contributed by atoms with E-state index < -0.39 is 40.9 Å². The molecular formula is C16H12F6O2. The van der Waals surface area contributed by atoms with Gasteiger partial charge in [0, 0.05) is 5.92 Å². The van der Waals surface area contributed by atoms with E-state index in [0.29, 0.717) is 12.1 Å². The van der Waals surface area contributed by atoms with Gasteiger partial charge in [0.2, 0.25) is 0 Å². The number of aromatic hydroxyl groups is 2. The van der Waals surface area contributed by atoms with Crippen molar-refractivity contribution in [3.8, 4) is 11.5 Å². The van der Waals surface area contributed by atoms with Crippen LogP contribution < -0.4 is 0 Å². The Labute approximate surface area is 133 Å². The lowest BCUT2D eigenvalue weighted by atomic mass is 9.90. The Balaban J connectivity index is 2.48. The molecular weight excluding hydrogens is 338 g/mol. The number of phenolic OH excluding ortho intramolecular Hbond substituents is 2. The van der Waals surface area contributed by atoms with Crippen LogP contribution in [0.5, 0.6) is 11.5 Å². The summed E-state index contributed by atoms with van der Waals surface area (Å²) >= 11 is 0. The van der Waals surface area contributed by atoms with E-state index in [1.807, 2.05) is 0 Å². The molecule has 2 aromatic carbocycles. The highest BCUT2D eigenvalue weighted by Gasteiger charge is 2.36. The lowest BCUT2D eigenvalue weighted by molar-refractivity contribution is -0.139. The van der Waals surface area contributed by atoms with E-state index in [0.717, 1.165) is 12.1 Å². The van der Waals surface area contributed by atoms with Gasteiger partial charge >= 0.3 is 12.4 Å². The summed E-state index contributed by atoms with van der Waals surface area (Å²) in [4.78, 5) is 0. The fourth-order valence-corrected chi connectivity index (χ4v) is 2.29. The number of benzene rings is 2. The van der Waals surface area contributed by atoms with Gasteiger partial charge in [-0.25, -0.2) is 0 Å². The van der Waals surface area contributed by atoms with E-state index >= 15 is 0 Å². The van der Waals surface area contributed by atoms with Crippen LogP contribution in [-0.4, -0.2) is 10.2 Å². The second-order valence-corrected chi connectivity index (χ2v) is 5.27. The number of phenols is 2. The van der Waals surface area contributed by atoms with E-state index in [4.69, 9.17) is 0 Å². The Bertz CT molecular complexity index is 686. The lowest BCUT2D eigenvalue weighted by Gasteiger charge is -2.18. The number of hydrogen-bond donors (Lipinski definition) is 2. The first-order valence-corrected chi connectivity index (χ1v) is 6.71. The van der Waals surface area contributed by atoms with Crippen molar-refractivity contribution in [2.75, 3.05) is 0 Å². The molecule has 0 aliphatic carbocycles. The van der Waals surface area contributed by atoms with Crippen molar-refractivity contribution in [1.29, 1.82) is 0 Å². The second kappa shape index (κ2) is 5.92. The molecule has 8 heteroatoms. The molecule has 0 aromatic heterocycles. The molecule has 0 fully saturated rings. The summed E-state index contributed by atoms with van der Waals surface area (Å²) in [5.41, 5.74) is -2.36. The van der Waals surface area contributed by atoms with Crippen molar-refractivity contribution in [3.63, 3.8) is 0 Å². The molecule has 0 spiro atoms. The molecule has 0 heterocycles. The average Bonchev–Trinajstić information content (AvgIpc) is 2.45. The maximum atomic E-state index is 12.8. The number of alkyl halides is 6. The molecule has 2 aromatic rings. The molecule has 0 radical (unpaired) electrons. The zero-order chi connectivity index (χ0) is 18.3. The molecule has 0 amide bonds. The van der Waals surface area contributed by atoms with Crippen LogP contribution in [-0.2, 0) is 12.4 Å². The van der Waals surface area contributed by atoms with Crippen LogP contribution in [0.3, 0.4) is 0 Å². The minimum Gasteiger partial charge on any atom is -0.507 e. The molecule has 0 bridgehead atoms. The number of hydrogen-bond acceptors (Lipinski definition) is 2. The van der Waals surface area contributed by atoms with Crippen LogP contribution in [0.15, 0.2) is 36.4 Å². The summed E-state index contributed by atoms with van der Waals surface area (Å²) in [6.45, 7) is 1.43. The van der Waals surface area contributed by atoms with E-state index in [2.05, 4.69) is 0 Å². The lowest BCUT2D eigenvalue weighted by Crippen LogP contribution is -2.09. The van der Waals surface area contributed by atoms with E-state index in [-0.39, 0.29) is 11.1 Å². The molecule has 2 nitrogen and oxygen atoms in total. The molecule has 0 saturated heterocycles. The third-order valence-electron chi connectivity index (χ3n) is 3.65. The highest BCUT2D eigenvalue weighted by molar-refractivity contribution is 5.45. The zero-order valence-corrected chi connectivity index (χ0v) is 12.2. The van der Waals surface area contributed by atoms with E-state index in [9.17, 15) is 36.6 Å². The first-order valence-electron chi connectivity index (χ1n) is 6.71. The highest BCUT2D eigenvalue weighted by atomic mass is 19.4. The van der Waals surface area contributed by atoms with Crippen LogP contribution in [0, 0.1) is 0 Å². The van der Waals surface area contributed by atoms with Crippen LogP contribution >= 0.6 is 0 Å². The fraction of sp³-hybridized carbons (Fsp3) is 0.250. The fourth-order valence-electron chi connectivity index (χ4n) is 2.29. The van der Waals surface area contributed by atoms with Crippen molar-refractivity contribution in [1.82, 2.24) is 0 Å². The number of halogens is 6. The first kappa shape index (κ1) is 18.0. The van der Waals surface area contributed by atoms with Crippen molar-refractivity contribution in [3.05, 3.63) is 58.7 Å². The largest absolute Gasteiger partial charge is 0.507 e. The maximum Gasteiger partial charge on any atom is 0.419 e. The molecule has 2 N–H and O–H groups in total. The SMILES string of the molecule is CC(c1ccc(O)c(C(F)(F)F)c1)c1ccc(O)c(C(F)(F)F)c1. The predicted octanol–water partition coefficient (Wildman–Crippen LogP) is 5.29. The van der Waals surface area contributed by atoms with Gasteiger partial charge in [-0.05, 0) is 35.4 Å². The Kier molecular flexibility index (Phi) is 4.43. The third kappa shape index (κ3) is 3.58.